The van der Waals surface area contributed by atoms with Crippen LogP contribution in [0.15, 0.2) is 85.2 Å². The number of aromatic nitrogens is 2. The summed E-state index contributed by atoms with van der Waals surface area (Å²) in [6.45, 7) is 0.429. The van der Waals surface area contributed by atoms with Crippen molar-refractivity contribution in [2.24, 2.45) is 0 Å². The highest BCUT2D eigenvalue weighted by molar-refractivity contribution is 6.31. The van der Waals surface area contributed by atoms with Crippen molar-refractivity contribution < 1.29 is 4.79 Å². The van der Waals surface area contributed by atoms with Crippen LogP contribution in [-0.4, -0.2) is 15.3 Å². The summed E-state index contributed by atoms with van der Waals surface area (Å²) in [7, 11) is 0. The molecule has 0 saturated carbocycles. The van der Waals surface area contributed by atoms with Gasteiger partial charge in [-0.2, -0.15) is 0 Å². The van der Waals surface area contributed by atoms with Gasteiger partial charge < -0.3 is 9.30 Å². The van der Waals surface area contributed by atoms with Crippen LogP contribution in [0, 0.1) is 0 Å². The van der Waals surface area contributed by atoms with Gasteiger partial charge in [0, 0.05) is 16.9 Å². The highest BCUT2D eigenvalue weighted by Crippen LogP contribution is 2.21. The number of para-hydroxylation sites is 1. The van der Waals surface area contributed by atoms with Crippen LogP contribution in [-0.2, 0) is 17.8 Å². The summed E-state index contributed by atoms with van der Waals surface area (Å²) in [5.41, 5.74) is 3.48. The Morgan fingerprint density at radius 2 is 1.70 bits per heavy atom. The van der Waals surface area contributed by atoms with Crippen LogP contribution in [0.5, 0.6) is 0 Å². The number of anilines is 1. The molecule has 4 nitrogen and oxygen atoms in total. The zero-order chi connectivity index (χ0) is 18.6. The third-order valence-corrected chi connectivity index (χ3v) is 4.85. The standard InChI is InChI=1S/C22H18ClN3O/c23-20-11-5-4-8-17(20)14-22(27)26(18-9-2-1-3-10-18)16-19-15-24-21-12-6-7-13-25(19)21/h1-13,15H,14,16H2. The molecule has 0 fully saturated rings. The molecule has 4 aromatic rings. The fourth-order valence-corrected chi connectivity index (χ4v) is 3.30. The van der Waals surface area contributed by atoms with E-state index in [2.05, 4.69) is 4.98 Å². The molecule has 4 rings (SSSR count). The Labute approximate surface area is 162 Å². The SMILES string of the molecule is O=C(Cc1ccccc1Cl)N(Cc1cnc2ccccn12)c1ccccc1. The van der Waals surface area contributed by atoms with Crippen molar-refractivity contribution in [2.75, 3.05) is 4.90 Å². The Hall–Kier alpha value is -3.11. The summed E-state index contributed by atoms with van der Waals surface area (Å²) in [5, 5.41) is 0.605. The lowest BCUT2D eigenvalue weighted by molar-refractivity contribution is -0.118. The van der Waals surface area contributed by atoms with Crippen LogP contribution in [0.4, 0.5) is 5.69 Å². The van der Waals surface area contributed by atoms with Crippen molar-refractivity contribution in [1.29, 1.82) is 0 Å². The maximum absolute atomic E-state index is 13.2. The molecule has 0 unspecified atom stereocenters. The minimum atomic E-state index is -0.0137. The van der Waals surface area contributed by atoms with Gasteiger partial charge in [0.15, 0.2) is 0 Å². The molecule has 0 spiro atoms. The minimum absolute atomic E-state index is 0.0137. The molecule has 0 saturated heterocycles. The van der Waals surface area contributed by atoms with Crippen molar-refractivity contribution in [3.63, 3.8) is 0 Å². The van der Waals surface area contributed by atoms with Crippen LogP contribution in [0.2, 0.25) is 5.02 Å². The van der Waals surface area contributed by atoms with Gasteiger partial charge in [0.2, 0.25) is 5.91 Å². The summed E-state index contributed by atoms with van der Waals surface area (Å²) in [4.78, 5) is 19.4. The number of amides is 1. The van der Waals surface area contributed by atoms with E-state index < -0.39 is 0 Å². The number of nitrogens with zero attached hydrogens (tertiary/aromatic N) is 3. The number of imidazole rings is 1. The van der Waals surface area contributed by atoms with Gasteiger partial charge in [-0.3, -0.25) is 4.79 Å². The largest absolute Gasteiger partial charge is 0.306 e. The molecule has 0 radical (unpaired) electrons. The fourth-order valence-electron chi connectivity index (χ4n) is 3.10. The van der Waals surface area contributed by atoms with Crippen molar-refractivity contribution in [3.8, 4) is 0 Å². The van der Waals surface area contributed by atoms with E-state index in [0.717, 1.165) is 22.6 Å². The Balaban J connectivity index is 1.67. The molecule has 1 amide bonds. The van der Waals surface area contributed by atoms with Crippen LogP contribution in [0.25, 0.3) is 5.65 Å². The number of carbonyl (C=O) groups is 1. The first-order valence-corrected chi connectivity index (χ1v) is 9.10. The number of benzene rings is 2. The van der Waals surface area contributed by atoms with E-state index in [4.69, 9.17) is 11.6 Å². The van der Waals surface area contributed by atoms with Gasteiger partial charge in [0.1, 0.15) is 5.65 Å². The lowest BCUT2D eigenvalue weighted by Crippen LogP contribution is -2.32. The normalized spacial score (nSPS) is 10.9. The van der Waals surface area contributed by atoms with Crippen molar-refractivity contribution in [2.45, 2.75) is 13.0 Å². The van der Waals surface area contributed by atoms with E-state index in [1.807, 2.05) is 89.6 Å². The van der Waals surface area contributed by atoms with Gasteiger partial charge in [0.05, 0.1) is 24.9 Å². The smallest absolute Gasteiger partial charge is 0.231 e. The number of pyridine rings is 1. The second kappa shape index (κ2) is 7.64. The molecule has 27 heavy (non-hydrogen) atoms. The van der Waals surface area contributed by atoms with E-state index in [1.54, 1.807) is 4.90 Å². The van der Waals surface area contributed by atoms with Crippen LogP contribution in [0.3, 0.4) is 0 Å². The molecule has 2 aromatic carbocycles. The Morgan fingerprint density at radius 1 is 0.963 bits per heavy atom. The number of halogens is 1. The second-order valence-corrected chi connectivity index (χ2v) is 6.67. The van der Waals surface area contributed by atoms with Crippen molar-refractivity contribution >= 4 is 28.8 Å². The van der Waals surface area contributed by atoms with E-state index in [0.29, 0.717) is 11.6 Å². The minimum Gasteiger partial charge on any atom is -0.306 e. The molecule has 0 bridgehead atoms. The quantitative estimate of drug-likeness (QED) is 0.504. The number of hydrogen-bond acceptors (Lipinski definition) is 2. The zero-order valence-electron chi connectivity index (χ0n) is 14.6. The molecule has 0 aliphatic rings. The Morgan fingerprint density at radius 3 is 2.52 bits per heavy atom. The van der Waals surface area contributed by atoms with Gasteiger partial charge >= 0.3 is 0 Å². The average molecular weight is 376 g/mol. The van der Waals surface area contributed by atoms with E-state index in [1.165, 1.54) is 0 Å². The zero-order valence-corrected chi connectivity index (χ0v) is 15.4. The van der Waals surface area contributed by atoms with Gasteiger partial charge in [-0.25, -0.2) is 4.98 Å². The molecular weight excluding hydrogens is 358 g/mol. The summed E-state index contributed by atoms with van der Waals surface area (Å²) in [6, 6.07) is 23.0. The number of hydrogen-bond donors (Lipinski definition) is 0. The fraction of sp³-hybridized carbons (Fsp3) is 0.0909. The molecule has 0 N–H and O–H groups in total. The highest BCUT2D eigenvalue weighted by atomic mass is 35.5. The monoisotopic (exact) mass is 375 g/mol. The first kappa shape index (κ1) is 17.3. The predicted molar refractivity (Wildman–Crippen MR) is 108 cm³/mol. The third kappa shape index (κ3) is 3.71. The molecule has 0 aliphatic carbocycles. The van der Waals surface area contributed by atoms with Crippen LogP contribution >= 0.6 is 11.6 Å². The van der Waals surface area contributed by atoms with Gasteiger partial charge in [-0.15, -0.1) is 0 Å². The van der Waals surface area contributed by atoms with E-state index in [9.17, 15) is 4.79 Å². The van der Waals surface area contributed by atoms with E-state index in [-0.39, 0.29) is 12.3 Å². The molecule has 2 heterocycles. The Kier molecular flexibility index (Phi) is 4.90. The van der Waals surface area contributed by atoms with Crippen LogP contribution < -0.4 is 4.90 Å². The molecule has 0 atom stereocenters. The molecule has 134 valence electrons. The molecule has 2 aromatic heterocycles. The topological polar surface area (TPSA) is 37.6 Å². The second-order valence-electron chi connectivity index (χ2n) is 6.26. The maximum Gasteiger partial charge on any atom is 0.231 e. The number of carbonyl (C=O) groups excluding carboxylic acids is 1. The van der Waals surface area contributed by atoms with Crippen LogP contribution in [0.1, 0.15) is 11.3 Å². The highest BCUT2D eigenvalue weighted by Gasteiger charge is 2.19. The summed E-state index contributed by atoms with van der Waals surface area (Å²) >= 11 is 6.26. The summed E-state index contributed by atoms with van der Waals surface area (Å²) in [6.07, 6.45) is 4.01. The van der Waals surface area contributed by atoms with Crippen molar-refractivity contribution in [1.82, 2.24) is 9.38 Å². The molecular formula is C22H18ClN3O. The summed E-state index contributed by atoms with van der Waals surface area (Å²) < 4.78 is 2.00. The maximum atomic E-state index is 13.2. The first-order chi connectivity index (χ1) is 13.2. The lowest BCUT2D eigenvalue weighted by Gasteiger charge is -2.23. The predicted octanol–water partition coefficient (Wildman–Crippen LogP) is 4.76. The average Bonchev–Trinajstić information content (AvgIpc) is 3.11. The molecule has 5 heteroatoms. The summed E-state index contributed by atoms with van der Waals surface area (Å²) in [5.74, 6) is -0.0137. The first-order valence-electron chi connectivity index (χ1n) is 8.72. The van der Waals surface area contributed by atoms with Gasteiger partial charge in [-0.05, 0) is 35.9 Å². The molecule has 0 aliphatic heterocycles. The third-order valence-electron chi connectivity index (χ3n) is 4.48. The van der Waals surface area contributed by atoms with Gasteiger partial charge in [-0.1, -0.05) is 54.1 Å². The van der Waals surface area contributed by atoms with E-state index >= 15 is 0 Å². The number of fused-ring (bicyclic) bond motifs is 1. The van der Waals surface area contributed by atoms with Gasteiger partial charge in [0.25, 0.3) is 0 Å². The number of rotatable bonds is 5. The lowest BCUT2D eigenvalue weighted by atomic mass is 10.1. The Bertz CT molecular complexity index is 1080. The van der Waals surface area contributed by atoms with Crippen molar-refractivity contribution in [3.05, 3.63) is 101 Å².